The third-order valence-corrected chi connectivity index (χ3v) is 5.63. The van der Waals surface area contributed by atoms with Crippen LogP contribution in [0.1, 0.15) is 0 Å². The third kappa shape index (κ3) is 4.18. The summed E-state index contributed by atoms with van der Waals surface area (Å²) in [5.41, 5.74) is 0. The van der Waals surface area contributed by atoms with Crippen LogP contribution in [0, 0.1) is 0 Å². The molecule has 0 rings (SSSR count). The maximum Gasteiger partial charge on any atom is 0.460 e. The topological polar surface area (TPSA) is 18.5 Å². The molecule has 20 heteroatoms. The average Bonchev–Trinajstić information content (AvgIpc) is 2.57. The number of alkyl halides is 17. The first-order valence-electron chi connectivity index (χ1n) is 7.01. The van der Waals surface area contributed by atoms with Crippen molar-refractivity contribution in [1.29, 1.82) is 0 Å². The van der Waals surface area contributed by atoms with Gasteiger partial charge in [-0.15, -0.1) is 0 Å². The SMILES string of the molecule is CO[SiH](CC(F)(F)C(F)(F)C(F)(F)C(F)(F)C(F)(F)C(F)(F)C(F)(F)C(F)(F)F)OC. The monoisotopic (exact) mass is 524 g/mol. The van der Waals surface area contributed by atoms with Gasteiger partial charge in [0.05, 0.1) is 6.04 Å². The standard InChI is InChI=1S/C11H9F17O2Si/c1-29-31(30-2)3-4(12,13)5(14,15)6(16,17)7(18,19)8(20,21)9(22,23)10(24,25)11(26,27)28/h31H,3H2,1-2H3. The number of halogens is 17. The van der Waals surface area contributed by atoms with Gasteiger partial charge in [-0.05, 0) is 0 Å². The largest absolute Gasteiger partial charge is 0.460 e. The molecule has 0 saturated heterocycles. The fraction of sp³-hybridized carbons (Fsp3) is 1.00. The fourth-order valence-corrected chi connectivity index (χ4v) is 3.00. The number of rotatable bonds is 10. The maximum atomic E-state index is 13.5. The van der Waals surface area contributed by atoms with Gasteiger partial charge in [0.2, 0.25) is 0 Å². The summed E-state index contributed by atoms with van der Waals surface area (Å²) in [5.74, 6) is -56.3. The molecule has 0 spiro atoms. The molecule has 0 N–H and O–H groups in total. The highest BCUT2D eigenvalue weighted by Gasteiger charge is 2.95. The molecule has 0 aromatic heterocycles. The Bertz CT molecular complexity index is 624. The summed E-state index contributed by atoms with van der Waals surface area (Å²) in [6, 6.07) is -2.65. The quantitative estimate of drug-likeness (QED) is 0.278. The predicted molar refractivity (Wildman–Crippen MR) is 66.7 cm³/mol. The van der Waals surface area contributed by atoms with Gasteiger partial charge in [-0.1, -0.05) is 0 Å². The molecule has 0 saturated carbocycles. The molecule has 0 aliphatic rings. The van der Waals surface area contributed by atoms with Gasteiger partial charge in [0.15, 0.2) is 0 Å². The van der Waals surface area contributed by atoms with Crippen LogP contribution in [0.2, 0.25) is 6.04 Å². The summed E-state index contributed by atoms with van der Waals surface area (Å²) in [5, 5.41) is 0. The van der Waals surface area contributed by atoms with Crippen LogP contribution in [-0.2, 0) is 8.85 Å². The van der Waals surface area contributed by atoms with Gasteiger partial charge in [-0.25, -0.2) is 0 Å². The third-order valence-electron chi connectivity index (χ3n) is 3.74. The Hall–Kier alpha value is -1.05. The Balaban J connectivity index is 6.62. The molecule has 0 bridgehead atoms. The van der Waals surface area contributed by atoms with Gasteiger partial charge in [-0.2, -0.15) is 74.6 Å². The smallest absolute Gasteiger partial charge is 0.400 e. The lowest BCUT2D eigenvalue weighted by atomic mass is 9.89. The lowest BCUT2D eigenvalue weighted by molar-refractivity contribution is -0.461. The summed E-state index contributed by atoms with van der Waals surface area (Å²) >= 11 is 0. The number of hydrogen-bond acceptors (Lipinski definition) is 2. The van der Waals surface area contributed by atoms with Gasteiger partial charge < -0.3 is 8.85 Å². The van der Waals surface area contributed by atoms with Crippen LogP contribution in [0.4, 0.5) is 74.6 Å². The summed E-state index contributed by atoms with van der Waals surface area (Å²) in [7, 11) is -3.12. The first-order valence-corrected chi connectivity index (χ1v) is 8.77. The molecule has 188 valence electrons. The molecule has 0 unspecified atom stereocenters. The van der Waals surface area contributed by atoms with E-state index in [9.17, 15) is 74.6 Å². The van der Waals surface area contributed by atoms with Crippen molar-refractivity contribution in [2.75, 3.05) is 14.2 Å². The molecule has 0 aromatic carbocycles. The van der Waals surface area contributed by atoms with Crippen molar-refractivity contribution in [1.82, 2.24) is 0 Å². The van der Waals surface area contributed by atoms with Gasteiger partial charge in [0, 0.05) is 14.2 Å². The van der Waals surface area contributed by atoms with Crippen LogP contribution >= 0.6 is 0 Å². The first-order chi connectivity index (χ1) is 13.2. The zero-order valence-electron chi connectivity index (χ0n) is 14.5. The highest BCUT2D eigenvalue weighted by atomic mass is 28.3. The molecule has 31 heavy (non-hydrogen) atoms. The van der Waals surface area contributed by atoms with Crippen LogP contribution < -0.4 is 0 Å². The molecule has 0 aliphatic carbocycles. The summed E-state index contributed by atoms with van der Waals surface area (Å²) in [6.07, 6.45) is -7.77. The Morgan fingerprint density at radius 2 is 0.710 bits per heavy atom. The van der Waals surface area contributed by atoms with E-state index in [0.717, 1.165) is 0 Å². The van der Waals surface area contributed by atoms with Crippen molar-refractivity contribution in [3.63, 3.8) is 0 Å². The Kier molecular flexibility index (Phi) is 7.79. The predicted octanol–water partition coefficient (Wildman–Crippen LogP) is 5.51. The van der Waals surface area contributed by atoms with Crippen molar-refractivity contribution in [2.24, 2.45) is 0 Å². The second kappa shape index (κ2) is 8.06. The van der Waals surface area contributed by atoms with Crippen molar-refractivity contribution in [3.8, 4) is 0 Å². The Morgan fingerprint density at radius 3 is 0.968 bits per heavy atom. The molecule has 2 nitrogen and oxygen atoms in total. The van der Waals surface area contributed by atoms with Crippen molar-refractivity contribution < 1.29 is 83.5 Å². The van der Waals surface area contributed by atoms with Crippen LogP contribution in [0.3, 0.4) is 0 Å². The van der Waals surface area contributed by atoms with Crippen molar-refractivity contribution in [3.05, 3.63) is 0 Å². The minimum absolute atomic E-state index is 0.481. The summed E-state index contributed by atoms with van der Waals surface area (Å²) < 4.78 is 229. The van der Waals surface area contributed by atoms with Gasteiger partial charge in [0.1, 0.15) is 0 Å². The minimum atomic E-state index is -8.62. The molecular formula is C11H9F17O2Si. The van der Waals surface area contributed by atoms with E-state index in [0.29, 0.717) is 14.2 Å². The minimum Gasteiger partial charge on any atom is -0.400 e. The average molecular weight is 524 g/mol. The van der Waals surface area contributed by atoms with Gasteiger partial charge >= 0.3 is 56.9 Å². The van der Waals surface area contributed by atoms with Crippen LogP contribution in [-0.4, -0.2) is 71.1 Å². The highest BCUT2D eigenvalue weighted by molar-refractivity contribution is 6.44. The van der Waals surface area contributed by atoms with E-state index in [4.69, 9.17) is 0 Å². The summed E-state index contributed by atoms with van der Waals surface area (Å²) in [6.45, 7) is 0. The zero-order chi connectivity index (χ0) is 25.7. The molecule has 0 heterocycles. The molecule has 0 radical (unpaired) electrons. The van der Waals surface area contributed by atoms with E-state index >= 15 is 0 Å². The van der Waals surface area contributed by atoms with E-state index < -0.39 is 63.0 Å². The zero-order valence-corrected chi connectivity index (χ0v) is 15.7. The second-order valence-corrected chi connectivity index (χ2v) is 7.96. The molecular weight excluding hydrogens is 515 g/mol. The summed E-state index contributed by atoms with van der Waals surface area (Å²) in [4.78, 5) is 0. The van der Waals surface area contributed by atoms with E-state index in [-0.39, 0.29) is 0 Å². The Labute approximate surface area is 162 Å². The Morgan fingerprint density at radius 1 is 0.452 bits per heavy atom. The van der Waals surface area contributed by atoms with Gasteiger partial charge in [0.25, 0.3) is 0 Å². The van der Waals surface area contributed by atoms with Crippen LogP contribution in [0.5, 0.6) is 0 Å². The molecule has 0 atom stereocenters. The molecule has 0 aliphatic heterocycles. The van der Waals surface area contributed by atoms with E-state index in [1.54, 1.807) is 0 Å². The molecule has 0 aromatic rings. The first kappa shape index (κ1) is 29.9. The highest BCUT2D eigenvalue weighted by Crippen LogP contribution is 2.64. The van der Waals surface area contributed by atoms with Crippen LogP contribution in [0.15, 0.2) is 0 Å². The lowest BCUT2D eigenvalue weighted by Crippen LogP contribution is -2.74. The number of hydrogen-bond donors (Lipinski definition) is 0. The van der Waals surface area contributed by atoms with Crippen molar-refractivity contribution >= 4 is 9.28 Å². The van der Waals surface area contributed by atoms with Crippen molar-refractivity contribution in [2.45, 2.75) is 53.7 Å². The second-order valence-electron chi connectivity index (χ2n) is 5.75. The van der Waals surface area contributed by atoms with Gasteiger partial charge in [-0.3, -0.25) is 0 Å². The van der Waals surface area contributed by atoms with E-state index in [2.05, 4.69) is 8.85 Å². The van der Waals surface area contributed by atoms with E-state index in [1.807, 2.05) is 0 Å². The fourth-order valence-electron chi connectivity index (χ4n) is 1.80. The molecule has 0 amide bonds. The normalized spacial score (nSPS) is 16.3. The van der Waals surface area contributed by atoms with Crippen LogP contribution in [0.25, 0.3) is 0 Å². The van der Waals surface area contributed by atoms with E-state index in [1.165, 1.54) is 0 Å². The maximum absolute atomic E-state index is 13.5. The lowest BCUT2D eigenvalue weighted by Gasteiger charge is -2.43. The molecule has 0 fully saturated rings.